The van der Waals surface area contributed by atoms with E-state index < -0.39 is 4.92 Å². The number of benzene rings is 1. The van der Waals surface area contributed by atoms with Crippen LogP contribution in [0, 0.1) is 10.1 Å². The van der Waals surface area contributed by atoms with Gasteiger partial charge in [-0.3, -0.25) is 10.1 Å². The molecule has 0 fully saturated rings. The third-order valence-electron chi connectivity index (χ3n) is 3.00. The molecule has 0 saturated carbocycles. The Hall–Kier alpha value is -2.21. The number of imidazole rings is 1. The first-order valence-corrected chi connectivity index (χ1v) is 6.07. The van der Waals surface area contributed by atoms with Crippen molar-refractivity contribution in [3.63, 3.8) is 0 Å². The highest BCUT2D eigenvalue weighted by Crippen LogP contribution is 2.14. The zero-order valence-corrected chi connectivity index (χ0v) is 10.7. The molecule has 2 aromatic rings. The van der Waals surface area contributed by atoms with Crippen molar-refractivity contribution in [3.05, 3.63) is 58.2 Å². The average molecular weight is 260 g/mol. The lowest BCUT2D eigenvalue weighted by molar-refractivity contribution is -0.384. The van der Waals surface area contributed by atoms with Crippen molar-refractivity contribution in [3.8, 4) is 0 Å². The van der Waals surface area contributed by atoms with Gasteiger partial charge in [-0.25, -0.2) is 4.98 Å². The first-order chi connectivity index (χ1) is 9.08. The second-order valence-corrected chi connectivity index (χ2v) is 4.47. The maximum atomic E-state index is 10.6. The summed E-state index contributed by atoms with van der Waals surface area (Å²) < 4.78 is 2.01. The van der Waals surface area contributed by atoms with E-state index in [1.807, 2.05) is 11.5 Å². The summed E-state index contributed by atoms with van der Waals surface area (Å²) in [5.41, 5.74) is 8.00. The van der Waals surface area contributed by atoms with Gasteiger partial charge in [0.1, 0.15) is 0 Å². The van der Waals surface area contributed by atoms with Crippen LogP contribution in [0.1, 0.15) is 24.2 Å². The van der Waals surface area contributed by atoms with Gasteiger partial charge < -0.3 is 10.3 Å². The molecule has 0 radical (unpaired) electrons. The van der Waals surface area contributed by atoms with E-state index in [-0.39, 0.29) is 11.7 Å². The second-order valence-electron chi connectivity index (χ2n) is 4.47. The minimum absolute atomic E-state index is 0.0561. The van der Waals surface area contributed by atoms with Crippen LogP contribution in [-0.2, 0) is 13.0 Å². The molecule has 0 bridgehead atoms. The van der Waals surface area contributed by atoms with E-state index in [1.54, 1.807) is 24.7 Å². The number of nitro benzene ring substituents is 1. The van der Waals surface area contributed by atoms with Crippen LogP contribution in [0.15, 0.2) is 36.8 Å². The molecule has 100 valence electrons. The molecule has 1 heterocycles. The predicted molar refractivity (Wildman–Crippen MR) is 71.6 cm³/mol. The summed E-state index contributed by atoms with van der Waals surface area (Å²) in [5.74, 6) is 0. The Balaban J connectivity index is 2.02. The molecule has 1 unspecified atom stereocenters. The summed E-state index contributed by atoms with van der Waals surface area (Å²) in [4.78, 5) is 14.2. The molecule has 0 aliphatic carbocycles. The minimum atomic E-state index is -0.395. The van der Waals surface area contributed by atoms with Gasteiger partial charge in [0.2, 0.25) is 0 Å². The normalized spacial score (nSPS) is 12.3. The molecule has 1 atom stereocenters. The first-order valence-electron chi connectivity index (χ1n) is 6.07. The fourth-order valence-electron chi connectivity index (χ4n) is 1.93. The van der Waals surface area contributed by atoms with E-state index in [2.05, 4.69) is 4.98 Å². The highest BCUT2D eigenvalue weighted by atomic mass is 16.6. The van der Waals surface area contributed by atoms with Gasteiger partial charge in [-0.2, -0.15) is 0 Å². The lowest BCUT2D eigenvalue weighted by Crippen LogP contribution is -2.12. The largest absolute Gasteiger partial charge is 0.333 e. The third kappa shape index (κ3) is 3.17. The highest BCUT2D eigenvalue weighted by molar-refractivity contribution is 5.32. The highest BCUT2D eigenvalue weighted by Gasteiger charge is 2.07. The number of aromatic nitrogens is 2. The van der Waals surface area contributed by atoms with Crippen molar-refractivity contribution >= 4 is 5.69 Å². The summed E-state index contributed by atoms with van der Waals surface area (Å²) in [5, 5.41) is 10.6. The molecule has 2 rings (SSSR count). The van der Waals surface area contributed by atoms with Gasteiger partial charge in [-0.1, -0.05) is 12.1 Å². The lowest BCUT2D eigenvalue weighted by atomic mass is 10.1. The van der Waals surface area contributed by atoms with Gasteiger partial charge in [-0.15, -0.1) is 0 Å². The number of nitro groups is 1. The standard InChI is InChI=1S/C13H16N4O2/c1-10(14)13-8-15-9-16(13)7-6-11-2-4-12(5-3-11)17(18)19/h2-5,8-10H,6-7,14H2,1H3. The smallest absolute Gasteiger partial charge is 0.269 e. The Kier molecular flexibility index (Phi) is 3.91. The Morgan fingerprint density at radius 1 is 1.42 bits per heavy atom. The van der Waals surface area contributed by atoms with E-state index >= 15 is 0 Å². The fraction of sp³-hybridized carbons (Fsp3) is 0.308. The van der Waals surface area contributed by atoms with Crippen LogP contribution < -0.4 is 5.73 Å². The maximum Gasteiger partial charge on any atom is 0.269 e. The Morgan fingerprint density at radius 2 is 2.11 bits per heavy atom. The second kappa shape index (κ2) is 5.62. The van der Waals surface area contributed by atoms with Crippen LogP contribution in [0.3, 0.4) is 0 Å². The van der Waals surface area contributed by atoms with Gasteiger partial charge in [0, 0.05) is 30.9 Å². The summed E-state index contributed by atoms with van der Waals surface area (Å²) in [7, 11) is 0. The molecule has 0 aliphatic rings. The van der Waals surface area contributed by atoms with Gasteiger partial charge in [0.15, 0.2) is 0 Å². The fourth-order valence-corrected chi connectivity index (χ4v) is 1.93. The number of hydrogen-bond donors (Lipinski definition) is 1. The zero-order valence-electron chi connectivity index (χ0n) is 10.7. The van der Waals surface area contributed by atoms with Crippen molar-refractivity contribution in [2.45, 2.75) is 25.9 Å². The Morgan fingerprint density at radius 3 is 2.68 bits per heavy atom. The molecular formula is C13H16N4O2. The van der Waals surface area contributed by atoms with Crippen LogP contribution in [0.25, 0.3) is 0 Å². The number of non-ortho nitro benzene ring substituents is 1. The molecule has 0 saturated heterocycles. The van der Waals surface area contributed by atoms with Gasteiger partial charge in [-0.05, 0) is 18.9 Å². The van der Waals surface area contributed by atoms with Gasteiger partial charge in [0.05, 0.1) is 16.9 Å². The van der Waals surface area contributed by atoms with E-state index in [9.17, 15) is 10.1 Å². The monoisotopic (exact) mass is 260 g/mol. The lowest BCUT2D eigenvalue weighted by Gasteiger charge is -2.10. The molecule has 19 heavy (non-hydrogen) atoms. The molecule has 1 aromatic heterocycles. The molecule has 1 aromatic carbocycles. The Labute approximate surface area is 111 Å². The number of nitrogens with two attached hydrogens (primary N) is 1. The number of nitrogens with zero attached hydrogens (tertiary/aromatic N) is 3. The van der Waals surface area contributed by atoms with Gasteiger partial charge in [0.25, 0.3) is 5.69 Å². The molecular weight excluding hydrogens is 244 g/mol. The maximum absolute atomic E-state index is 10.6. The summed E-state index contributed by atoms with van der Waals surface area (Å²) in [6.07, 6.45) is 4.30. The van der Waals surface area contributed by atoms with Crippen molar-refractivity contribution in [2.75, 3.05) is 0 Å². The number of aryl methyl sites for hydroxylation is 2. The minimum Gasteiger partial charge on any atom is -0.333 e. The van der Waals surface area contributed by atoms with Crippen molar-refractivity contribution < 1.29 is 4.92 Å². The van der Waals surface area contributed by atoms with Crippen LogP contribution in [0.2, 0.25) is 0 Å². The third-order valence-corrected chi connectivity index (χ3v) is 3.00. The van der Waals surface area contributed by atoms with Crippen molar-refractivity contribution in [1.82, 2.24) is 9.55 Å². The quantitative estimate of drug-likeness (QED) is 0.658. The van der Waals surface area contributed by atoms with E-state index in [4.69, 9.17) is 5.73 Å². The molecule has 0 spiro atoms. The zero-order chi connectivity index (χ0) is 13.8. The molecule has 6 heteroatoms. The topological polar surface area (TPSA) is 87.0 Å². The molecule has 6 nitrogen and oxygen atoms in total. The summed E-state index contributed by atoms with van der Waals surface area (Å²) >= 11 is 0. The van der Waals surface area contributed by atoms with Crippen LogP contribution in [0.4, 0.5) is 5.69 Å². The first kappa shape index (κ1) is 13.2. The van der Waals surface area contributed by atoms with Crippen molar-refractivity contribution in [2.24, 2.45) is 5.73 Å². The van der Waals surface area contributed by atoms with E-state index in [1.165, 1.54) is 12.1 Å². The predicted octanol–water partition coefficient (Wildman–Crippen LogP) is 2.05. The average Bonchev–Trinajstić information content (AvgIpc) is 2.85. The van der Waals surface area contributed by atoms with Crippen LogP contribution in [-0.4, -0.2) is 14.5 Å². The van der Waals surface area contributed by atoms with Crippen molar-refractivity contribution in [1.29, 1.82) is 0 Å². The summed E-state index contributed by atoms with van der Waals surface area (Å²) in [6, 6.07) is 6.55. The Bertz CT molecular complexity index is 560. The van der Waals surface area contributed by atoms with Gasteiger partial charge >= 0.3 is 0 Å². The SMILES string of the molecule is CC(N)c1cncn1CCc1ccc([N+](=O)[O-])cc1. The van der Waals surface area contributed by atoms with E-state index in [0.717, 1.165) is 24.2 Å². The van der Waals surface area contributed by atoms with E-state index in [0.29, 0.717) is 0 Å². The molecule has 0 amide bonds. The molecule has 0 aliphatic heterocycles. The number of rotatable bonds is 5. The summed E-state index contributed by atoms with van der Waals surface area (Å²) in [6.45, 7) is 2.67. The molecule has 2 N–H and O–H groups in total. The van der Waals surface area contributed by atoms with Crippen LogP contribution in [0.5, 0.6) is 0 Å². The van der Waals surface area contributed by atoms with Crippen LogP contribution >= 0.6 is 0 Å². The number of hydrogen-bond acceptors (Lipinski definition) is 4.